The van der Waals surface area contributed by atoms with Gasteiger partial charge in [0.25, 0.3) is 0 Å². The summed E-state index contributed by atoms with van der Waals surface area (Å²) >= 11 is 0. The first-order valence-electron chi connectivity index (χ1n) is 4.88. The summed E-state index contributed by atoms with van der Waals surface area (Å²) in [6.45, 7) is 7.22. The van der Waals surface area contributed by atoms with Crippen molar-refractivity contribution in [2.24, 2.45) is 5.92 Å². The first-order chi connectivity index (χ1) is 6.61. The molecule has 0 saturated carbocycles. The molecule has 1 heterocycles. The standard InChI is InChI=1S/C11H18N2O/c1-8(2)7-12-11-6-10(14-4)5-9(3)13-11/h5-6,8H,7H2,1-4H3,(H,12,13). The minimum absolute atomic E-state index is 0.614. The highest BCUT2D eigenvalue weighted by molar-refractivity contribution is 5.42. The number of methoxy groups -OCH3 is 1. The van der Waals surface area contributed by atoms with Crippen LogP contribution in [0.25, 0.3) is 0 Å². The van der Waals surface area contributed by atoms with Gasteiger partial charge in [0.1, 0.15) is 11.6 Å². The Labute approximate surface area is 85.5 Å². The molecule has 3 nitrogen and oxygen atoms in total. The van der Waals surface area contributed by atoms with Crippen molar-refractivity contribution in [3.63, 3.8) is 0 Å². The van der Waals surface area contributed by atoms with Crippen molar-refractivity contribution >= 4 is 5.82 Å². The second kappa shape index (κ2) is 4.84. The molecule has 0 spiro atoms. The molecule has 14 heavy (non-hydrogen) atoms. The van der Waals surface area contributed by atoms with Gasteiger partial charge in [-0.05, 0) is 12.8 Å². The molecule has 0 saturated heterocycles. The Balaban J connectivity index is 2.71. The summed E-state index contributed by atoms with van der Waals surface area (Å²) in [4.78, 5) is 4.36. The van der Waals surface area contributed by atoms with Crippen LogP contribution in [0.2, 0.25) is 0 Å². The first-order valence-corrected chi connectivity index (χ1v) is 4.88. The molecule has 1 N–H and O–H groups in total. The Kier molecular flexibility index (Phi) is 3.74. The van der Waals surface area contributed by atoms with Crippen LogP contribution in [0.5, 0.6) is 5.75 Å². The summed E-state index contributed by atoms with van der Waals surface area (Å²) < 4.78 is 5.16. The monoisotopic (exact) mass is 194 g/mol. The zero-order valence-electron chi connectivity index (χ0n) is 9.29. The van der Waals surface area contributed by atoms with E-state index in [-0.39, 0.29) is 0 Å². The second-order valence-corrected chi connectivity index (χ2v) is 3.81. The normalized spacial score (nSPS) is 10.4. The Bertz CT molecular complexity index is 297. The van der Waals surface area contributed by atoms with Gasteiger partial charge in [0.05, 0.1) is 7.11 Å². The van der Waals surface area contributed by atoms with E-state index in [1.165, 1.54) is 0 Å². The fraction of sp³-hybridized carbons (Fsp3) is 0.545. The molecule has 0 radical (unpaired) electrons. The largest absolute Gasteiger partial charge is 0.497 e. The number of rotatable bonds is 4. The lowest BCUT2D eigenvalue weighted by atomic mass is 10.2. The topological polar surface area (TPSA) is 34.1 Å². The lowest BCUT2D eigenvalue weighted by molar-refractivity contribution is 0.414. The molecule has 0 amide bonds. The minimum Gasteiger partial charge on any atom is -0.497 e. The fourth-order valence-electron chi connectivity index (χ4n) is 1.15. The molecule has 0 aliphatic rings. The minimum atomic E-state index is 0.614. The van der Waals surface area contributed by atoms with Gasteiger partial charge in [-0.25, -0.2) is 4.98 Å². The number of pyridine rings is 1. The van der Waals surface area contributed by atoms with Crippen molar-refractivity contribution < 1.29 is 4.74 Å². The SMILES string of the molecule is COc1cc(C)nc(NCC(C)C)c1. The van der Waals surface area contributed by atoms with Crippen molar-refractivity contribution in [1.29, 1.82) is 0 Å². The highest BCUT2D eigenvalue weighted by atomic mass is 16.5. The van der Waals surface area contributed by atoms with E-state index in [0.717, 1.165) is 23.8 Å². The van der Waals surface area contributed by atoms with Gasteiger partial charge in [0, 0.05) is 24.4 Å². The van der Waals surface area contributed by atoms with E-state index in [2.05, 4.69) is 24.1 Å². The van der Waals surface area contributed by atoms with Gasteiger partial charge in [0.15, 0.2) is 0 Å². The van der Waals surface area contributed by atoms with Crippen LogP contribution < -0.4 is 10.1 Å². The Morgan fingerprint density at radius 2 is 2.14 bits per heavy atom. The van der Waals surface area contributed by atoms with E-state index in [0.29, 0.717) is 5.92 Å². The van der Waals surface area contributed by atoms with E-state index in [1.54, 1.807) is 7.11 Å². The van der Waals surface area contributed by atoms with Crippen LogP contribution in [0, 0.1) is 12.8 Å². The molecule has 1 rings (SSSR count). The number of hydrogen-bond donors (Lipinski definition) is 1. The van der Waals surface area contributed by atoms with E-state index in [4.69, 9.17) is 4.74 Å². The van der Waals surface area contributed by atoms with Crippen LogP contribution >= 0.6 is 0 Å². The second-order valence-electron chi connectivity index (χ2n) is 3.81. The number of anilines is 1. The summed E-state index contributed by atoms with van der Waals surface area (Å²) in [5.74, 6) is 2.35. The molecular formula is C11H18N2O. The molecule has 1 aromatic heterocycles. The average molecular weight is 194 g/mol. The van der Waals surface area contributed by atoms with Crippen LogP contribution in [0.1, 0.15) is 19.5 Å². The number of nitrogens with zero attached hydrogens (tertiary/aromatic N) is 1. The predicted octanol–water partition coefficient (Wildman–Crippen LogP) is 2.47. The molecule has 3 heteroatoms. The molecule has 0 bridgehead atoms. The number of ether oxygens (including phenoxy) is 1. The highest BCUT2D eigenvalue weighted by Crippen LogP contribution is 2.16. The molecule has 0 unspecified atom stereocenters. The van der Waals surface area contributed by atoms with Crippen molar-refractivity contribution in [2.75, 3.05) is 19.0 Å². The number of aryl methyl sites for hydroxylation is 1. The van der Waals surface area contributed by atoms with Crippen molar-refractivity contribution in [2.45, 2.75) is 20.8 Å². The third-order valence-electron chi connectivity index (χ3n) is 1.85. The number of hydrogen-bond acceptors (Lipinski definition) is 3. The maximum absolute atomic E-state index is 5.16. The summed E-state index contributed by atoms with van der Waals surface area (Å²) in [5.41, 5.74) is 0.968. The third kappa shape index (κ3) is 3.24. The van der Waals surface area contributed by atoms with E-state index >= 15 is 0 Å². The van der Waals surface area contributed by atoms with Crippen LogP contribution in [0.15, 0.2) is 12.1 Å². The Morgan fingerprint density at radius 1 is 1.43 bits per heavy atom. The van der Waals surface area contributed by atoms with Crippen LogP contribution in [-0.4, -0.2) is 18.6 Å². The maximum Gasteiger partial charge on any atom is 0.129 e. The Morgan fingerprint density at radius 3 is 2.71 bits per heavy atom. The van der Waals surface area contributed by atoms with Crippen molar-refractivity contribution in [3.05, 3.63) is 17.8 Å². The third-order valence-corrected chi connectivity index (χ3v) is 1.85. The van der Waals surface area contributed by atoms with E-state index in [9.17, 15) is 0 Å². The zero-order chi connectivity index (χ0) is 10.6. The lowest BCUT2D eigenvalue weighted by Crippen LogP contribution is -2.09. The van der Waals surface area contributed by atoms with Crippen LogP contribution in [0.4, 0.5) is 5.82 Å². The quantitative estimate of drug-likeness (QED) is 0.799. The molecule has 0 aliphatic carbocycles. The summed E-state index contributed by atoms with van der Waals surface area (Å²) in [7, 11) is 1.67. The molecular weight excluding hydrogens is 176 g/mol. The van der Waals surface area contributed by atoms with E-state index < -0.39 is 0 Å². The number of aromatic nitrogens is 1. The van der Waals surface area contributed by atoms with Crippen molar-refractivity contribution in [3.8, 4) is 5.75 Å². The highest BCUT2D eigenvalue weighted by Gasteiger charge is 2.00. The maximum atomic E-state index is 5.16. The average Bonchev–Trinajstić information content (AvgIpc) is 2.14. The molecule has 1 aromatic rings. The number of nitrogens with one attached hydrogen (secondary N) is 1. The van der Waals surface area contributed by atoms with Gasteiger partial charge in [-0.2, -0.15) is 0 Å². The molecule has 0 atom stereocenters. The van der Waals surface area contributed by atoms with Gasteiger partial charge < -0.3 is 10.1 Å². The zero-order valence-corrected chi connectivity index (χ0v) is 9.29. The van der Waals surface area contributed by atoms with Crippen LogP contribution in [-0.2, 0) is 0 Å². The van der Waals surface area contributed by atoms with Gasteiger partial charge in [-0.15, -0.1) is 0 Å². The van der Waals surface area contributed by atoms with Gasteiger partial charge in [0.2, 0.25) is 0 Å². The molecule has 78 valence electrons. The van der Waals surface area contributed by atoms with E-state index in [1.807, 2.05) is 19.1 Å². The van der Waals surface area contributed by atoms with Gasteiger partial charge in [-0.3, -0.25) is 0 Å². The smallest absolute Gasteiger partial charge is 0.129 e. The summed E-state index contributed by atoms with van der Waals surface area (Å²) in [6, 6.07) is 3.83. The van der Waals surface area contributed by atoms with Crippen LogP contribution in [0.3, 0.4) is 0 Å². The molecule has 0 fully saturated rings. The van der Waals surface area contributed by atoms with Gasteiger partial charge >= 0.3 is 0 Å². The fourth-order valence-corrected chi connectivity index (χ4v) is 1.15. The Hall–Kier alpha value is -1.25. The first kappa shape index (κ1) is 10.8. The predicted molar refractivity (Wildman–Crippen MR) is 58.9 cm³/mol. The van der Waals surface area contributed by atoms with Crippen molar-refractivity contribution in [1.82, 2.24) is 4.98 Å². The lowest BCUT2D eigenvalue weighted by Gasteiger charge is -2.10. The molecule has 0 aromatic carbocycles. The van der Waals surface area contributed by atoms with Gasteiger partial charge in [-0.1, -0.05) is 13.8 Å². The molecule has 0 aliphatic heterocycles. The summed E-state index contributed by atoms with van der Waals surface area (Å²) in [6.07, 6.45) is 0. The summed E-state index contributed by atoms with van der Waals surface area (Å²) in [5, 5.41) is 3.27.